The fraction of sp³-hybridized carbons (Fsp3) is 0.286. The molecule has 2 heterocycles. The van der Waals surface area contributed by atoms with Crippen molar-refractivity contribution in [2.75, 3.05) is 10.6 Å². The number of nitro groups is 1. The zero-order valence-electron chi connectivity index (χ0n) is 17.4. The highest BCUT2D eigenvalue weighted by Gasteiger charge is 2.48. The SMILES string of the molecule is Cc1ccc([N+](=O)[O-])cc1NC(=O)C1CC(=O)NC2NC(Nc3ccc(F)cc3)NC(=O)C21. The molecule has 33 heavy (non-hydrogen) atoms. The Morgan fingerprint density at radius 2 is 1.88 bits per heavy atom. The topological polar surface area (TPSA) is 154 Å². The molecule has 4 rings (SSSR count). The van der Waals surface area contributed by atoms with Gasteiger partial charge in [-0.15, -0.1) is 0 Å². The number of rotatable bonds is 5. The number of halogens is 1. The Kier molecular flexibility index (Phi) is 5.92. The Morgan fingerprint density at radius 1 is 1.15 bits per heavy atom. The van der Waals surface area contributed by atoms with Gasteiger partial charge in [0, 0.05) is 24.2 Å². The van der Waals surface area contributed by atoms with Gasteiger partial charge in [-0.1, -0.05) is 6.07 Å². The first kappa shape index (κ1) is 22.1. The van der Waals surface area contributed by atoms with E-state index in [2.05, 4.69) is 26.6 Å². The van der Waals surface area contributed by atoms with Gasteiger partial charge in [-0.25, -0.2) is 4.39 Å². The molecule has 0 saturated carbocycles. The first-order chi connectivity index (χ1) is 15.7. The number of nitrogens with zero attached hydrogens (tertiary/aromatic N) is 1. The molecule has 5 N–H and O–H groups in total. The second kappa shape index (κ2) is 8.82. The quantitative estimate of drug-likeness (QED) is 0.334. The number of nitrogens with one attached hydrogen (secondary N) is 5. The van der Waals surface area contributed by atoms with E-state index in [1.165, 1.54) is 42.5 Å². The van der Waals surface area contributed by atoms with E-state index >= 15 is 0 Å². The lowest BCUT2D eigenvalue weighted by Crippen LogP contribution is -2.72. The first-order valence-corrected chi connectivity index (χ1v) is 10.1. The van der Waals surface area contributed by atoms with Gasteiger partial charge in [0.15, 0.2) is 6.29 Å². The van der Waals surface area contributed by atoms with Crippen molar-refractivity contribution >= 4 is 34.8 Å². The Labute approximate surface area is 187 Å². The average molecular weight is 456 g/mol. The number of non-ortho nitro benzene ring substituents is 1. The highest BCUT2D eigenvalue weighted by molar-refractivity contribution is 6.00. The molecule has 3 amide bonds. The molecule has 12 heteroatoms. The van der Waals surface area contributed by atoms with Gasteiger partial charge in [0.05, 0.1) is 28.6 Å². The number of carbonyl (C=O) groups is 3. The Bertz CT molecular complexity index is 1120. The third-order valence-corrected chi connectivity index (χ3v) is 5.63. The highest BCUT2D eigenvalue weighted by Crippen LogP contribution is 2.29. The summed E-state index contributed by atoms with van der Waals surface area (Å²) in [4.78, 5) is 48.7. The molecular weight excluding hydrogens is 435 g/mol. The molecule has 0 aromatic heterocycles. The zero-order valence-corrected chi connectivity index (χ0v) is 17.4. The molecule has 2 saturated heterocycles. The van der Waals surface area contributed by atoms with Gasteiger partial charge in [-0.3, -0.25) is 29.8 Å². The van der Waals surface area contributed by atoms with Gasteiger partial charge >= 0.3 is 0 Å². The van der Waals surface area contributed by atoms with Crippen LogP contribution in [0.1, 0.15) is 12.0 Å². The third-order valence-electron chi connectivity index (χ3n) is 5.63. The van der Waals surface area contributed by atoms with E-state index in [1.807, 2.05) is 0 Å². The molecule has 172 valence electrons. The molecule has 0 aliphatic carbocycles. The van der Waals surface area contributed by atoms with E-state index in [4.69, 9.17) is 0 Å². The Balaban J connectivity index is 1.50. The maximum atomic E-state index is 13.1. The molecule has 2 aromatic carbocycles. The smallest absolute Gasteiger partial charge is 0.271 e. The van der Waals surface area contributed by atoms with Crippen LogP contribution in [0.15, 0.2) is 42.5 Å². The summed E-state index contributed by atoms with van der Waals surface area (Å²) in [6.07, 6.45) is -1.82. The fourth-order valence-electron chi connectivity index (χ4n) is 3.95. The number of fused-ring (bicyclic) bond motifs is 1. The van der Waals surface area contributed by atoms with Crippen LogP contribution in [0, 0.1) is 34.7 Å². The summed E-state index contributed by atoms with van der Waals surface area (Å²) in [5, 5.41) is 25.1. The van der Waals surface area contributed by atoms with E-state index in [1.54, 1.807) is 6.92 Å². The minimum absolute atomic E-state index is 0.193. The van der Waals surface area contributed by atoms with Crippen LogP contribution in [0.3, 0.4) is 0 Å². The van der Waals surface area contributed by atoms with E-state index in [-0.39, 0.29) is 17.8 Å². The van der Waals surface area contributed by atoms with Crippen LogP contribution in [0.4, 0.5) is 21.5 Å². The van der Waals surface area contributed by atoms with E-state index < -0.39 is 52.8 Å². The minimum Gasteiger partial charge on any atom is -0.353 e. The normalized spacial score (nSPS) is 24.2. The van der Waals surface area contributed by atoms with Crippen LogP contribution in [0.2, 0.25) is 0 Å². The van der Waals surface area contributed by atoms with Crippen LogP contribution in [-0.2, 0) is 14.4 Å². The van der Waals surface area contributed by atoms with Crippen molar-refractivity contribution in [2.24, 2.45) is 11.8 Å². The molecule has 2 aromatic rings. The number of piperidine rings is 1. The molecule has 4 unspecified atom stereocenters. The summed E-state index contributed by atoms with van der Waals surface area (Å²) in [6, 6.07) is 9.56. The van der Waals surface area contributed by atoms with E-state index in [0.717, 1.165) is 0 Å². The lowest BCUT2D eigenvalue weighted by atomic mass is 9.81. The van der Waals surface area contributed by atoms with Crippen molar-refractivity contribution in [3.05, 3.63) is 64.0 Å². The van der Waals surface area contributed by atoms with Gasteiger partial charge in [0.1, 0.15) is 5.82 Å². The summed E-state index contributed by atoms with van der Waals surface area (Å²) < 4.78 is 13.1. The number of amides is 3. The summed E-state index contributed by atoms with van der Waals surface area (Å²) >= 11 is 0. The van der Waals surface area contributed by atoms with Gasteiger partial charge in [0.25, 0.3) is 5.69 Å². The number of hydrogen-bond donors (Lipinski definition) is 5. The number of carbonyl (C=O) groups excluding carboxylic acids is 3. The fourth-order valence-corrected chi connectivity index (χ4v) is 3.95. The standard InChI is InChI=1S/C21H21FN6O5/c1-10-2-7-13(28(32)33)8-15(10)24-19(30)14-9-16(29)25-18-17(14)20(31)27-21(26-18)23-12-5-3-11(22)4-6-12/h2-8,14,17-18,21,23,26H,9H2,1H3,(H,24,30)(H,25,29)(H,27,31). The van der Waals surface area contributed by atoms with Crippen LogP contribution in [-0.4, -0.2) is 35.1 Å². The maximum Gasteiger partial charge on any atom is 0.271 e. The van der Waals surface area contributed by atoms with E-state index in [0.29, 0.717) is 11.3 Å². The van der Waals surface area contributed by atoms with Crippen LogP contribution in [0.25, 0.3) is 0 Å². The molecular formula is C21H21FN6O5. The molecule has 2 aliphatic rings. The second-order valence-electron chi connectivity index (χ2n) is 7.89. The van der Waals surface area contributed by atoms with Gasteiger partial charge in [-0.2, -0.15) is 0 Å². The molecule has 0 radical (unpaired) electrons. The van der Waals surface area contributed by atoms with Crippen molar-refractivity contribution in [1.82, 2.24) is 16.0 Å². The molecule has 0 bridgehead atoms. The summed E-state index contributed by atoms with van der Waals surface area (Å²) in [5.41, 5.74) is 1.17. The first-order valence-electron chi connectivity index (χ1n) is 10.1. The van der Waals surface area contributed by atoms with E-state index in [9.17, 15) is 28.9 Å². The molecule has 0 spiro atoms. The van der Waals surface area contributed by atoms with Crippen molar-refractivity contribution in [2.45, 2.75) is 25.8 Å². The average Bonchev–Trinajstić information content (AvgIpc) is 2.75. The maximum absolute atomic E-state index is 13.1. The van der Waals surface area contributed by atoms with Crippen LogP contribution < -0.4 is 26.6 Å². The largest absolute Gasteiger partial charge is 0.353 e. The predicted octanol–water partition coefficient (Wildman–Crippen LogP) is 1.17. The monoisotopic (exact) mass is 456 g/mol. The predicted molar refractivity (Wildman–Crippen MR) is 115 cm³/mol. The highest BCUT2D eigenvalue weighted by atomic mass is 19.1. The lowest BCUT2D eigenvalue weighted by Gasteiger charge is -2.43. The summed E-state index contributed by atoms with van der Waals surface area (Å²) in [5.74, 6) is -3.79. The summed E-state index contributed by atoms with van der Waals surface area (Å²) in [6.45, 7) is 1.68. The Hall–Kier alpha value is -4.06. The Morgan fingerprint density at radius 3 is 2.58 bits per heavy atom. The summed E-state index contributed by atoms with van der Waals surface area (Å²) in [7, 11) is 0. The third kappa shape index (κ3) is 4.75. The number of hydrogen-bond acceptors (Lipinski definition) is 7. The van der Waals surface area contributed by atoms with Crippen molar-refractivity contribution in [3.8, 4) is 0 Å². The minimum atomic E-state index is -0.998. The van der Waals surface area contributed by atoms with Crippen LogP contribution >= 0.6 is 0 Å². The molecule has 11 nitrogen and oxygen atoms in total. The van der Waals surface area contributed by atoms with Crippen molar-refractivity contribution in [1.29, 1.82) is 0 Å². The van der Waals surface area contributed by atoms with Crippen LogP contribution in [0.5, 0.6) is 0 Å². The van der Waals surface area contributed by atoms with Gasteiger partial charge in [0.2, 0.25) is 17.7 Å². The second-order valence-corrected chi connectivity index (χ2v) is 7.89. The number of aryl methyl sites for hydroxylation is 1. The number of anilines is 2. The van der Waals surface area contributed by atoms with Gasteiger partial charge < -0.3 is 21.3 Å². The number of nitro benzene ring substituents is 1. The molecule has 4 atom stereocenters. The lowest BCUT2D eigenvalue weighted by molar-refractivity contribution is -0.384. The number of benzene rings is 2. The zero-order chi connectivity index (χ0) is 23.7. The molecule has 2 fully saturated rings. The molecule has 2 aliphatic heterocycles. The van der Waals surface area contributed by atoms with Crippen molar-refractivity contribution in [3.63, 3.8) is 0 Å². The van der Waals surface area contributed by atoms with Crippen molar-refractivity contribution < 1.29 is 23.7 Å². The van der Waals surface area contributed by atoms with Gasteiger partial charge in [-0.05, 0) is 36.8 Å².